The molecule has 1 saturated carbocycles. The summed E-state index contributed by atoms with van der Waals surface area (Å²) < 4.78 is 16.3. The maximum Gasteiger partial charge on any atom is 0.341 e. The normalized spacial score (nSPS) is 22.2. The molecule has 4 rings (SSSR count). The van der Waals surface area contributed by atoms with Crippen LogP contribution in [0.3, 0.4) is 0 Å². The molecule has 3 heterocycles. The highest BCUT2D eigenvalue weighted by Crippen LogP contribution is 2.44. The Morgan fingerprint density at radius 3 is 2.64 bits per heavy atom. The summed E-state index contributed by atoms with van der Waals surface area (Å²) >= 11 is 0. The largest absolute Gasteiger partial charge is 0.477 e. The van der Waals surface area contributed by atoms with Crippen molar-refractivity contribution in [1.29, 1.82) is 0 Å². The minimum Gasteiger partial charge on any atom is -0.477 e. The van der Waals surface area contributed by atoms with Crippen molar-refractivity contribution in [3.05, 3.63) is 45.1 Å². The molecule has 0 amide bonds. The summed E-state index contributed by atoms with van der Waals surface area (Å²) in [6.45, 7) is 5.02. The van der Waals surface area contributed by atoms with Crippen LogP contribution in [0.15, 0.2) is 17.1 Å². The number of aromatic nitrogens is 1. The molecule has 1 saturated heterocycles. The van der Waals surface area contributed by atoms with E-state index in [-0.39, 0.29) is 23.9 Å². The van der Waals surface area contributed by atoms with Crippen LogP contribution in [0, 0.1) is 12.7 Å². The van der Waals surface area contributed by atoms with Crippen molar-refractivity contribution in [2.24, 2.45) is 5.73 Å². The lowest BCUT2D eigenvalue weighted by atomic mass is 9.91. The van der Waals surface area contributed by atoms with E-state index in [1.54, 1.807) is 0 Å². The molecule has 0 spiro atoms. The van der Waals surface area contributed by atoms with Gasteiger partial charge in [0.25, 0.3) is 5.56 Å². The van der Waals surface area contributed by atoms with Gasteiger partial charge in [0.05, 0.1) is 17.4 Å². The first-order valence-electron chi connectivity index (χ1n) is 9.35. The van der Waals surface area contributed by atoms with Crippen molar-refractivity contribution in [2.45, 2.75) is 51.0 Å². The molecule has 2 aliphatic rings. The summed E-state index contributed by atoms with van der Waals surface area (Å²) in [5.41, 5.74) is 7.49. The minimum atomic E-state index is -1.28. The van der Waals surface area contributed by atoms with Crippen LogP contribution in [-0.2, 0) is 0 Å². The quantitative estimate of drug-likeness (QED) is 0.813. The number of halogens is 2. The number of aryl methyl sites for hydroxylation is 1. The maximum absolute atomic E-state index is 15.1. The summed E-state index contributed by atoms with van der Waals surface area (Å²) in [4.78, 5) is 26.1. The van der Waals surface area contributed by atoms with Gasteiger partial charge >= 0.3 is 5.97 Å². The fourth-order valence-electron chi connectivity index (χ4n) is 4.35. The molecule has 2 fully saturated rings. The summed E-state index contributed by atoms with van der Waals surface area (Å²) in [5.74, 6) is -1.59. The molecule has 6 nitrogen and oxygen atoms in total. The van der Waals surface area contributed by atoms with E-state index < -0.39 is 22.9 Å². The van der Waals surface area contributed by atoms with Crippen molar-refractivity contribution < 1.29 is 14.3 Å². The molecular weight excluding hydrogens is 385 g/mol. The number of pyridine rings is 2. The Labute approximate surface area is 168 Å². The standard InChI is InChI=1S/C20H24FN3O3.ClH/c1-11-16-13(12-4-5-12)8-14(19(26)27)18(25)24(16)9-15(21)17(11)23-7-3-6-20(2,22)10-23;/h8-9,12H,3-7,10,22H2,1-2H3,(H,26,27);1H. The topological polar surface area (TPSA) is 88.0 Å². The molecule has 2 aromatic rings. The molecule has 1 unspecified atom stereocenters. The van der Waals surface area contributed by atoms with E-state index in [1.807, 2.05) is 18.7 Å². The monoisotopic (exact) mass is 409 g/mol. The summed E-state index contributed by atoms with van der Waals surface area (Å²) in [6, 6.07) is 1.48. The van der Waals surface area contributed by atoms with Crippen LogP contribution in [0.4, 0.5) is 10.1 Å². The predicted octanol–water partition coefficient (Wildman–Crippen LogP) is 3.06. The highest BCUT2D eigenvalue weighted by Gasteiger charge is 2.33. The molecule has 0 aromatic carbocycles. The van der Waals surface area contributed by atoms with Crippen LogP contribution in [0.2, 0.25) is 0 Å². The maximum atomic E-state index is 15.1. The molecule has 3 N–H and O–H groups in total. The van der Waals surface area contributed by atoms with Crippen LogP contribution in [0.5, 0.6) is 0 Å². The van der Waals surface area contributed by atoms with Crippen LogP contribution < -0.4 is 16.2 Å². The number of anilines is 1. The van der Waals surface area contributed by atoms with Crippen molar-refractivity contribution in [3.63, 3.8) is 0 Å². The Bertz CT molecular complexity index is 1010. The number of fused-ring (bicyclic) bond motifs is 1. The third-order valence-electron chi connectivity index (χ3n) is 5.73. The number of carboxylic acids is 1. The first kappa shape index (κ1) is 20.6. The molecule has 1 aliphatic carbocycles. The van der Waals surface area contributed by atoms with Crippen LogP contribution in [0.1, 0.15) is 60.0 Å². The Balaban J connectivity index is 0.00000225. The average Bonchev–Trinajstić information content (AvgIpc) is 3.39. The summed E-state index contributed by atoms with van der Waals surface area (Å²) in [6.07, 6.45) is 4.79. The Kier molecular flexibility index (Phi) is 5.18. The Hall–Kier alpha value is -2.12. The van der Waals surface area contributed by atoms with Crippen molar-refractivity contribution in [1.82, 2.24) is 4.40 Å². The SMILES string of the molecule is Cc1c(N2CCCC(C)(N)C2)c(F)cn2c(=O)c(C(=O)O)cc(C3CC3)c12.Cl. The zero-order valence-electron chi connectivity index (χ0n) is 16.0. The first-order chi connectivity index (χ1) is 12.7. The lowest BCUT2D eigenvalue weighted by molar-refractivity contribution is 0.0694. The van der Waals surface area contributed by atoms with Crippen molar-refractivity contribution in [3.8, 4) is 0 Å². The second-order valence-corrected chi connectivity index (χ2v) is 8.25. The van der Waals surface area contributed by atoms with Gasteiger partial charge in [-0.2, -0.15) is 0 Å². The number of hydrogen-bond acceptors (Lipinski definition) is 4. The summed E-state index contributed by atoms with van der Waals surface area (Å²) in [7, 11) is 0. The summed E-state index contributed by atoms with van der Waals surface area (Å²) in [5, 5.41) is 9.38. The molecule has 1 atom stereocenters. The lowest BCUT2D eigenvalue weighted by Gasteiger charge is -2.40. The van der Waals surface area contributed by atoms with Gasteiger partial charge in [-0.05, 0) is 62.6 Å². The first-order valence-corrected chi connectivity index (χ1v) is 9.35. The number of nitrogens with zero attached hydrogens (tertiary/aromatic N) is 2. The van der Waals surface area contributed by atoms with Gasteiger partial charge in [-0.3, -0.25) is 9.20 Å². The highest BCUT2D eigenvalue weighted by molar-refractivity contribution is 5.89. The van der Waals surface area contributed by atoms with E-state index in [0.29, 0.717) is 29.9 Å². The van der Waals surface area contributed by atoms with E-state index in [9.17, 15) is 14.7 Å². The third kappa shape index (κ3) is 3.37. The highest BCUT2D eigenvalue weighted by atomic mass is 35.5. The number of hydrogen-bond donors (Lipinski definition) is 2. The van der Waals surface area contributed by atoms with Gasteiger partial charge in [-0.1, -0.05) is 0 Å². The van der Waals surface area contributed by atoms with E-state index in [2.05, 4.69) is 0 Å². The van der Waals surface area contributed by atoms with Crippen LogP contribution in [0.25, 0.3) is 5.52 Å². The number of carboxylic acid groups (broad SMARTS) is 1. The van der Waals surface area contributed by atoms with Gasteiger partial charge in [0.2, 0.25) is 0 Å². The zero-order chi connectivity index (χ0) is 19.5. The molecule has 152 valence electrons. The van der Waals surface area contributed by atoms with Gasteiger partial charge in [0, 0.05) is 18.6 Å². The van der Waals surface area contributed by atoms with E-state index in [4.69, 9.17) is 5.73 Å². The number of aromatic carboxylic acids is 1. The number of carbonyl (C=O) groups is 1. The van der Waals surface area contributed by atoms with Gasteiger partial charge in [0.15, 0.2) is 5.82 Å². The third-order valence-corrected chi connectivity index (χ3v) is 5.73. The van der Waals surface area contributed by atoms with Gasteiger partial charge in [-0.25, -0.2) is 9.18 Å². The molecule has 2 aromatic heterocycles. The lowest BCUT2D eigenvalue weighted by Crippen LogP contribution is -2.52. The molecule has 8 heteroatoms. The molecule has 1 aliphatic heterocycles. The second-order valence-electron chi connectivity index (χ2n) is 8.25. The van der Waals surface area contributed by atoms with E-state index in [1.165, 1.54) is 10.5 Å². The molecule has 28 heavy (non-hydrogen) atoms. The van der Waals surface area contributed by atoms with E-state index in [0.717, 1.165) is 37.4 Å². The van der Waals surface area contributed by atoms with Crippen molar-refractivity contribution >= 4 is 29.6 Å². The van der Waals surface area contributed by atoms with Gasteiger partial charge in [-0.15, -0.1) is 12.4 Å². The van der Waals surface area contributed by atoms with Crippen molar-refractivity contribution in [2.75, 3.05) is 18.0 Å². The minimum absolute atomic E-state index is 0. The molecule has 0 radical (unpaired) electrons. The zero-order valence-corrected chi connectivity index (χ0v) is 16.8. The average molecular weight is 410 g/mol. The van der Waals surface area contributed by atoms with Crippen LogP contribution >= 0.6 is 12.4 Å². The van der Waals surface area contributed by atoms with Crippen LogP contribution in [-0.4, -0.2) is 34.1 Å². The number of nitrogens with two attached hydrogens (primary N) is 1. The Morgan fingerprint density at radius 2 is 2.07 bits per heavy atom. The van der Waals surface area contributed by atoms with Gasteiger partial charge in [0.1, 0.15) is 5.56 Å². The van der Waals surface area contributed by atoms with Gasteiger partial charge < -0.3 is 15.7 Å². The molecule has 0 bridgehead atoms. The van der Waals surface area contributed by atoms with E-state index >= 15 is 4.39 Å². The number of piperidine rings is 1. The predicted molar refractivity (Wildman–Crippen MR) is 109 cm³/mol. The Morgan fingerprint density at radius 1 is 1.39 bits per heavy atom. The smallest absolute Gasteiger partial charge is 0.341 e. The second kappa shape index (κ2) is 7.04. The fraction of sp³-hybridized carbons (Fsp3) is 0.500. The molecular formula is C20H25ClFN3O3. The number of rotatable bonds is 3. The fourth-order valence-corrected chi connectivity index (χ4v) is 4.35.